The summed E-state index contributed by atoms with van der Waals surface area (Å²) in [5.74, 6) is 0.795. The van der Waals surface area contributed by atoms with Gasteiger partial charge in [-0.25, -0.2) is 0 Å². The first-order valence-electron chi connectivity index (χ1n) is 7.22. The van der Waals surface area contributed by atoms with E-state index in [9.17, 15) is 0 Å². The maximum atomic E-state index is 4.64. The van der Waals surface area contributed by atoms with Gasteiger partial charge in [0, 0.05) is 11.8 Å². The average Bonchev–Trinajstić information content (AvgIpc) is 3.27. The molecule has 1 aliphatic rings. The fourth-order valence-electron chi connectivity index (χ4n) is 2.05. The quantitative estimate of drug-likeness (QED) is 0.627. The van der Waals surface area contributed by atoms with E-state index in [1.165, 1.54) is 29.5 Å². The zero-order valence-corrected chi connectivity index (χ0v) is 12.2. The highest BCUT2D eigenvalue weighted by Crippen LogP contribution is 2.40. The number of hydrogen-bond acceptors (Lipinski definition) is 1. The molecular weight excluding hydrogens is 230 g/mol. The van der Waals surface area contributed by atoms with E-state index in [4.69, 9.17) is 0 Å². The second-order valence-electron chi connectivity index (χ2n) is 5.19. The van der Waals surface area contributed by atoms with Gasteiger partial charge >= 0.3 is 0 Å². The lowest BCUT2D eigenvalue weighted by molar-refractivity contribution is 1.13. The Morgan fingerprint density at radius 2 is 2.16 bits per heavy atom. The number of nitrogens with zero attached hydrogens (tertiary/aromatic N) is 1. The van der Waals surface area contributed by atoms with Gasteiger partial charge in [-0.3, -0.25) is 4.99 Å². The molecule has 1 fully saturated rings. The van der Waals surface area contributed by atoms with E-state index in [-0.39, 0.29) is 0 Å². The van der Waals surface area contributed by atoms with Crippen molar-refractivity contribution in [3.63, 3.8) is 0 Å². The molecule has 0 aromatic heterocycles. The molecule has 0 N–H and O–H groups in total. The van der Waals surface area contributed by atoms with Crippen molar-refractivity contribution >= 4 is 11.9 Å². The summed E-state index contributed by atoms with van der Waals surface area (Å²) in [4.78, 5) is 4.64. The van der Waals surface area contributed by atoms with Crippen LogP contribution in [0.5, 0.6) is 0 Å². The van der Waals surface area contributed by atoms with Crippen molar-refractivity contribution in [2.24, 2.45) is 4.99 Å². The van der Waals surface area contributed by atoms with Crippen LogP contribution in [0.1, 0.15) is 57.1 Å². The zero-order valence-electron chi connectivity index (χ0n) is 12.2. The molecule has 1 saturated carbocycles. The van der Waals surface area contributed by atoms with Gasteiger partial charge in [-0.15, -0.1) is 0 Å². The molecule has 1 aliphatic carbocycles. The summed E-state index contributed by atoms with van der Waals surface area (Å²) in [7, 11) is 0. The van der Waals surface area contributed by atoms with Crippen molar-refractivity contribution in [1.82, 2.24) is 0 Å². The topological polar surface area (TPSA) is 12.4 Å². The van der Waals surface area contributed by atoms with Gasteiger partial charge in [-0.2, -0.15) is 0 Å². The fourth-order valence-corrected chi connectivity index (χ4v) is 2.05. The molecule has 1 aromatic carbocycles. The largest absolute Gasteiger partial charge is 0.256 e. The average molecular weight is 253 g/mol. The van der Waals surface area contributed by atoms with Gasteiger partial charge in [0.25, 0.3) is 0 Å². The van der Waals surface area contributed by atoms with Crippen molar-refractivity contribution < 1.29 is 0 Å². The summed E-state index contributed by atoms with van der Waals surface area (Å²) >= 11 is 0. The van der Waals surface area contributed by atoms with E-state index < -0.39 is 0 Å². The van der Waals surface area contributed by atoms with Gasteiger partial charge in [0.1, 0.15) is 0 Å². The van der Waals surface area contributed by atoms with Crippen LogP contribution in [-0.4, -0.2) is 6.21 Å². The predicted molar refractivity (Wildman–Crippen MR) is 84.6 cm³/mol. The van der Waals surface area contributed by atoms with Crippen molar-refractivity contribution in [2.75, 3.05) is 0 Å². The first kappa shape index (κ1) is 13.8. The van der Waals surface area contributed by atoms with Crippen molar-refractivity contribution in [1.29, 1.82) is 0 Å². The summed E-state index contributed by atoms with van der Waals surface area (Å²) in [5, 5.41) is 0. The third kappa shape index (κ3) is 3.92. The second-order valence-corrected chi connectivity index (χ2v) is 5.19. The third-order valence-electron chi connectivity index (χ3n) is 3.49. The molecule has 0 radical (unpaired) electrons. The molecule has 0 bridgehead atoms. The molecule has 0 aliphatic heterocycles. The Labute approximate surface area is 116 Å². The summed E-state index contributed by atoms with van der Waals surface area (Å²) in [6.45, 7) is 6.27. The van der Waals surface area contributed by atoms with Crippen LogP contribution >= 0.6 is 0 Å². The Bertz CT molecular complexity index is 516. The second kappa shape index (κ2) is 6.51. The Morgan fingerprint density at radius 3 is 2.79 bits per heavy atom. The smallest absolute Gasteiger partial charge is 0.0662 e. The minimum Gasteiger partial charge on any atom is -0.256 e. The molecule has 0 amide bonds. The van der Waals surface area contributed by atoms with Crippen LogP contribution in [0.3, 0.4) is 0 Å². The highest BCUT2D eigenvalue weighted by molar-refractivity contribution is 5.84. The monoisotopic (exact) mass is 253 g/mol. The SMILES string of the molecule is C\C=C(C)/C=N/C(=C/CC)c1cccc(C2CC2)c1. The van der Waals surface area contributed by atoms with E-state index in [2.05, 4.69) is 55.3 Å². The molecular formula is C18H23N. The van der Waals surface area contributed by atoms with Gasteiger partial charge in [0.2, 0.25) is 0 Å². The van der Waals surface area contributed by atoms with E-state index in [1.807, 2.05) is 13.1 Å². The normalized spacial score (nSPS) is 17.2. The molecule has 100 valence electrons. The number of allylic oxidation sites excluding steroid dienone is 3. The van der Waals surface area contributed by atoms with Gasteiger partial charge in [0.15, 0.2) is 0 Å². The van der Waals surface area contributed by atoms with Crippen LogP contribution in [0, 0.1) is 0 Å². The standard InChI is InChI=1S/C18H23N/c1-4-7-18(19-13-14(3)5-2)17-9-6-8-16(12-17)15-10-11-15/h5-9,12-13,15H,4,10-11H2,1-3H3/b14-5-,18-7+,19-13+. The van der Waals surface area contributed by atoms with E-state index >= 15 is 0 Å². The molecule has 1 nitrogen and oxygen atoms in total. The van der Waals surface area contributed by atoms with Crippen LogP contribution in [0.2, 0.25) is 0 Å². The van der Waals surface area contributed by atoms with Crippen molar-refractivity contribution in [2.45, 2.75) is 46.0 Å². The van der Waals surface area contributed by atoms with Crippen molar-refractivity contribution in [3.8, 4) is 0 Å². The molecule has 2 rings (SSSR count). The van der Waals surface area contributed by atoms with E-state index in [0.717, 1.165) is 18.0 Å². The summed E-state index contributed by atoms with van der Waals surface area (Å²) in [6, 6.07) is 8.87. The fraction of sp³-hybridized carbons (Fsp3) is 0.389. The van der Waals surface area contributed by atoms with E-state index in [1.54, 1.807) is 0 Å². The number of hydrogen-bond donors (Lipinski definition) is 0. The molecule has 0 atom stereocenters. The molecule has 1 heteroatoms. The Morgan fingerprint density at radius 1 is 1.37 bits per heavy atom. The summed E-state index contributed by atoms with van der Waals surface area (Å²) in [5.41, 5.74) is 5.00. The molecule has 19 heavy (non-hydrogen) atoms. The molecule has 0 unspecified atom stereocenters. The third-order valence-corrected chi connectivity index (χ3v) is 3.49. The van der Waals surface area contributed by atoms with Crippen LogP contribution in [0.15, 0.2) is 47.0 Å². The Kier molecular flexibility index (Phi) is 4.73. The van der Waals surface area contributed by atoms with Crippen LogP contribution < -0.4 is 0 Å². The molecule has 0 spiro atoms. The maximum Gasteiger partial charge on any atom is 0.0662 e. The van der Waals surface area contributed by atoms with Gasteiger partial charge in [0.05, 0.1) is 5.70 Å². The summed E-state index contributed by atoms with van der Waals surface area (Å²) < 4.78 is 0. The molecule has 1 aromatic rings. The van der Waals surface area contributed by atoms with Crippen molar-refractivity contribution in [3.05, 3.63) is 53.1 Å². The number of rotatable bonds is 5. The first-order chi connectivity index (χ1) is 9.24. The van der Waals surface area contributed by atoms with Gasteiger partial charge in [-0.1, -0.05) is 37.3 Å². The number of benzene rings is 1. The molecule has 0 saturated heterocycles. The number of aliphatic imine (C=N–C) groups is 1. The minimum absolute atomic E-state index is 0.795. The van der Waals surface area contributed by atoms with Gasteiger partial charge in [-0.05, 0) is 56.2 Å². The van der Waals surface area contributed by atoms with E-state index in [0.29, 0.717) is 0 Å². The lowest BCUT2D eigenvalue weighted by atomic mass is 10.0. The lowest BCUT2D eigenvalue weighted by Gasteiger charge is -2.05. The van der Waals surface area contributed by atoms with Crippen LogP contribution in [0.4, 0.5) is 0 Å². The highest BCUT2D eigenvalue weighted by atomic mass is 14.7. The summed E-state index contributed by atoms with van der Waals surface area (Å²) in [6.07, 6.45) is 9.92. The van der Waals surface area contributed by atoms with Crippen LogP contribution in [0.25, 0.3) is 5.70 Å². The highest BCUT2D eigenvalue weighted by Gasteiger charge is 2.23. The Hall–Kier alpha value is -1.63. The predicted octanol–water partition coefficient (Wildman–Crippen LogP) is 5.35. The maximum absolute atomic E-state index is 4.64. The lowest BCUT2D eigenvalue weighted by Crippen LogP contribution is -1.87. The van der Waals surface area contributed by atoms with Gasteiger partial charge < -0.3 is 0 Å². The van der Waals surface area contributed by atoms with Crippen LogP contribution in [-0.2, 0) is 0 Å². The Balaban J connectivity index is 2.26. The molecule has 0 heterocycles. The minimum atomic E-state index is 0.795. The first-order valence-corrected chi connectivity index (χ1v) is 7.22. The zero-order chi connectivity index (χ0) is 13.7.